The summed E-state index contributed by atoms with van der Waals surface area (Å²) in [5.74, 6) is -0.632. The number of ether oxygens (including phenoxy) is 2. The van der Waals surface area contributed by atoms with Gasteiger partial charge in [-0.2, -0.15) is 0 Å². The third kappa shape index (κ3) is 3.42. The molecule has 4 rings (SSSR count). The molecule has 0 atom stereocenters. The lowest BCUT2D eigenvalue weighted by Gasteiger charge is -2.21. The maximum absolute atomic E-state index is 13.2. The van der Waals surface area contributed by atoms with Crippen molar-refractivity contribution in [1.29, 1.82) is 0 Å². The normalized spacial score (nSPS) is 16.7. The van der Waals surface area contributed by atoms with E-state index in [9.17, 15) is 13.6 Å². The summed E-state index contributed by atoms with van der Waals surface area (Å²) in [7, 11) is 0. The van der Waals surface area contributed by atoms with Gasteiger partial charge in [-0.15, -0.1) is 0 Å². The fourth-order valence-corrected chi connectivity index (χ4v) is 3.36. The molecule has 1 saturated carbocycles. The minimum absolute atomic E-state index is 0.00811. The summed E-state index contributed by atoms with van der Waals surface area (Å²) >= 11 is 0. The molecule has 1 fully saturated rings. The Balaban J connectivity index is 1.37. The monoisotopic (exact) mass is 360 g/mol. The second kappa shape index (κ2) is 6.48. The summed E-state index contributed by atoms with van der Waals surface area (Å²) < 4.78 is 38.2. The van der Waals surface area contributed by atoms with Gasteiger partial charge in [0, 0.05) is 37.2 Å². The molecule has 7 heteroatoms. The van der Waals surface area contributed by atoms with Gasteiger partial charge in [0.05, 0.1) is 0 Å². The fraction of sp³-hybridized carbons (Fsp3) is 0.316. The van der Waals surface area contributed by atoms with Gasteiger partial charge in [0.15, 0.2) is 11.5 Å². The number of urea groups is 1. The highest BCUT2D eigenvalue weighted by Crippen LogP contribution is 2.47. The molecule has 1 heterocycles. The fourth-order valence-electron chi connectivity index (χ4n) is 3.36. The second-order valence-corrected chi connectivity index (χ2v) is 6.57. The van der Waals surface area contributed by atoms with Crippen molar-refractivity contribution in [3.63, 3.8) is 0 Å². The average molecular weight is 360 g/mol. The molecule has 0 radical (unpaired) electrons. The molecule has 26 heavy (non-hydrogen) atoms. The molecule has 1 spiro atoms. The maximum Gasteiger partial charge on any atom is 0.319 e. The zero-order valence-electron chi connectivity index (χ0n) is 14.0. The standard InChI is InChI=1S/C19H18F2N2O3/c20-13-7-12(8-14(21)9-13)11-22-18(24)23-15-3-4-16-17(10-15)26-19(25-16)5-1-2-6-19/h3-4,7-10H,1-2,5-6,11H2,(H2,22,23,24). The van der Waals surface area contributed by atoms with Crippen molar-refractivity contribution >= 4 is 11.7 Å². The topological polar surface area (TPSA) is 59.6 Å². The predicted octanol–water partition coefficient (Wildman–Crippen LogP) is 4.33. The number of carbonyl (C=O) groups is 1. The number of rotatable bonds is 3. The maximum atomic E-state index is 13.2. The molecule has 0 saturated heterocycles. The third-order valence-corrected chi connectivity index (χ3v) is 4.53. The molecule has 2 aliphatic rings. The molecule has 1 aliphatic carbocycles. The van der Waals surface area contributed by atoms with E-state index in [0.717, 1.165) is 31.7 Å². The number of fused-ring (bicyclic) bond motifs is 1. The highest BCUT2D eigenvalue weighted by atomic mass is 19.1. The van der Waals surface area contributed by atoms with Crippen LogP contribution in [0.4, 0.5) is 19.3 Å². The summed E-state index contributed by atoms with van der Waals surface area (Å²) in [5.41, 5.74) is 0.886. The zero-order chi connectivity index (χ0) is 18.1. The molecule has 0 aromatic heterocycles. The van der Waals surface area contributed by atoms with E-state index < -0.39 is 23.5 Å². The lowest BCUT2D eigenvalue weighted by molar-refractivity contribution is -0.0716. The van der Waals surface area contributed by atoms with Crippen LogP contribution in [0, 0.1) is 11.6 Å². The van der Waals surface area contributed by atoms with Crippen LogP contribution in [0.25, 0.3) is 0 Å². The van der Waals surface area contributed by atoms with Gasteiger partial charge in [0.25, 0.3) is 5.79 Å². The van der Waals surface area contributed by atoms with E-state index in [1.165, 1.54) is 12.1 Å². The predicted molar refractivity (Wildman–Crippen MR) is 91.1 cm³/mol. The molecular weight excluding hydrogens is 342 g/mol. The smallest absolute Gasteiger partial charge is 0.319 e. The molecule has 136 valence electrons. The summed E-state index contributed by atoms with van der Waals surface area (Å²) in [4.78, 5) is 12.0. The lowest BCUT2D eigenvalue weighted by Crippen LogP contribution is -2.34. The van der Waals surface area contributed by atoms with Gasteiger partial charge < -0.3 is 20.1 Å². The summed E-state index contributed by atoms with van der Waals surface area (Å²) in [5, 5.41) is 5.24. The van der Waals surface area contributed by atoms with Crippen LogP contribution in [0.2, 0.25) is 0 Å². The molecule has 0 bridgehead atoms. The van der Waals surface area contributed by atoms with Crippen LogP contribution < -0.4 is 20.1 Å². The number of hydrogen-bond acceptors (Lipinski definition) is 3. The van der Waals surface area contributed by atoms with Gasteiger partial charge in [-0.1, -0.05) is 0 Å². The summed E-state index contributed by atoms with van der Waals surface area (Å²) in [6.07, 6.45) is 3.86. The van der Waals surface area contributed by atoms with Crippen molar-refractivity contribution in [2.45, 2.75) is 38.0 Å². The summed E-state index contributed by atoms with van der Waals surface area (Å²) in [6.45, 7) is 0.00811. The van der Waals surface area contributed by atoms with Crippen LogP contribution in [-0.2, 0) is 6.54 Å². The van der Waals surface area contributed by atoms with Crippen molar-refractivity contribution in [2.24, 2.45) is 0 Å². The van der Waals surface area contributed by atoms with Crippen molar-refractivity contribution in [1.82, 2.24) is 5.32 Å². The van der Waals surface area contributed by atoms with Crippen molar-refractivity contribution in [2.75, 3.05) is 5.32 Å². The van der Waals surface area contributed by atoms with Crippen LogP contribution in [0.1, 0.15) is 31.2 Å². The number of hydrogen-bond donors (Lipinski definition) is 2. The SMILES string of the molecule is O=C(NCc1cc(F)cc(F)c1)Nc1ccc2c(c1)OC1(CCCC1)O2. The Hall–Kier alpha value is -2.83. The first-order valence-electron chi connectivity index (χ1n) is 8.53. The van der Waals surface area contributed by atoms with E-state index in [4.69, 9.17) is 9.47 Å². The first-order chi connectivity index (χ1) is 12.5. The van der Waals surface area contributed by atoms with Crippen LogP contribution >= 0.6 is 0 Å². The first kappa shape index (κ1) is 16.6. The number of benzene rings is 2. The van der Waals surface area contributed by atoms with E-state index in [1.807, 2.05) is 0 Å². The minimum atomic E-state index is -0.682. The lowest BCUT2D eigenvalue weighted by atomic mass is 10.2. The molecule has 5 nitrogen and oxygen atoms in total. The van der Waals surface area contributed by atoms with Gasteiger partial charge in [-0.3, -0.25) is 0 Å². The van der Waals surface area contributed by atoms with Gasteiger partial charge in [-0.05, 0) is 42.7 Å². The van der Waals surface area contributed by atoms with Crippen LogP contribution in [0.3, 0.4) is 0 Å². The molecule has 1 aliphatic heterocycles. The highest BCUT2D eigenvalue weighted by molar-refractivity contribution is 5.89. The molecule has 2 amide bonds. The Bertz CT molecular complexity index is 830. The van der Waals surface area contributed by atoms with Crippen LogP contribution in [0.5, 0.6) is 11.5 Å². The average Bonchev–Trinajstić information content (AvgIpc) is 3.18. The van der Waals surface area contributed by atoms with E-state index in [1.54, 1.807) is 18.2 Å². The molecule has 2 N–H and O–H groups in total. The Morgan fingerprint density at radius 2 is 1.69 bits per heavy atom. The number of anilines is 1. The van der Waals surface area contributed by atoms with Crippen molar-refractivity contribution < 1.29 is 23.0 Å². The van der Waals surface area contributed by atoms with Crippen LogP contribution in [0.15, 0.2) is 36.4 Å². The number of carbonyl (C=O) groups excluding carboxylic acids is 1. The highest BCUT2D eigenvalue weighted by Gasteiger charge is 2.44. The van der Waals surface area contributed by atoms with Crippen LogP contribution in [-0.4, -0.2) is 11.8 Å². The summed E-state index contributed by atoms with van der Waals surface area (Å²) in [6, 6.07) is 7.84. The molecule has 2 aromatic carbocycles. The number of amides is 2. The van der Waals surface area contributed by atoms with E-state index in [2.05, 4.69) is 10.6 Å². The van der Waals surface area contributed by atoms with Gasteiger partial charge in [-0.25, -0.2) is 13.6 Å². The Kier molecular flexibility index (Phi) is 4.14. The Morgan fingerprint density at radius 1 is 1.00 bits per heavy atom. The van der Waals surface area contributed by atoms with Gasteiger partial charge >= 0.3 is 6.03 Å². The number of halogens is 2. The zero-order valence-corrected chi connectivity index (χ0v) is 14.0. The van der Waals surface area contributed by atoms with E-state index in [0.29, 0.717) is 22.7 Å². The minimum Gasteiger partial charge on any atom is -0.448 e. The molecule has 2 aromatic rings. The third-order valence-electron chi connectivity index (χ3n) is 4.53. The van der Waals surface area contributed by atoms with E-state index >= 15 is 0 Å². The quantitative estimate of drug-likeness (QED) is 0.857. The molecule has 0 unspecified atom stereocenters. The number of nitrogens with one attached hydrogen (secondary N) is 2. The van der Waals surface area contributed by atoms with Crippen molar-refractivity contribution in [3.05, 3.63) is 53.6 Å². The van der Waals surface area contributed by atoms with Gasteiger partial charge in [0.1, 0.15) is 11.6 Å². The molecular formula is C19H18F2N2O3. The largest absolute Gasteiger partial charge is 0.448 e. The first-order valence-corrected chi connectivity index (χ1v) is 8.53. The van der Waals surface area contributed by atoms with Crippen molar-refractivity contribution in [3.8, 4) is 11.5 Å². The second-order valence-electron chi connectivity index (χ2n) is 6.57. The van der Waals surface area contributed by atoms with Gasteiger partial charge in [0.2, 0.25) is 0 Å². The Morgan fingerprint density at radius 3 is 2.42 bits per heavy atom. The van der Waals surface area contributed by atoms with E-state index in [-0.39, 0.29) is 6.54 Å². The Labute approximate surface area is 149 Å².